The quantitative estimate of drug-likeness (QED) is 0.854. The molecule has 6 heteroatoms. The Bertz CT molecular complexity index is 621. The van der Waals surface area contributed by atoms with Crippen LogP contribution in [0.2, 0.25) is 0 Å². The summed E-state index contributed by atoms with van der Waals surface area (Å²) in [6, 6.07) is 5.57. The van der Waals surface area contributed by atoms with Crippen LogP contribution in [0.4, 0.5) is 5.13 Å². The van der Waals surface area contributed by atoms with Gasteiger partial charge >= 0.3 is 0 Å². The van der Waals surface area contributed by atoms with Crippen molar-refractivity contribution in [3.05, 3.63) is 18.2 Å². The van der Waals surface area contributed by atoms with E-state index in [-0.39, 0.29) is 18.1 Å². The van der Waals surface area contributed by atoms with E-state index in [9.17, 15) is 9.59 Å². The minimum atomic E-state index is -0.336. The molecule has 100 valence electrons. The summed E-state index contributed by atoms with van der Waals surface area (Å²) in [5, 5.41) is 3.12. The Morgan fingerprint density at radius 2 is 2.21 bits per heavy atom. The molecule has 0 fully saturated rings. The number of carbonyl (C=O) groups is 2. The van der Waals surface area contributed by atoms with Crippen LogP contribution in [0.15, 0.2) is 18.2 Å². The van der Waals surface area contributed by atoms with E-state index >= 15 is 0 Å². The SMILES string of the molecule is CCOc1ccc2nc(NC(=O)CC(C)=O)sc2c1. The number of hydrogen-bond donors (Lipinski definition) is 1. The normalized spacial score (nSPS) is 10.4. The van der Waals surface area contributed by atoms with Gasteiger partial charge in [-0.2, -0.15) is 0 Å². The molecule has 1 heterocycles. The number of carbonyl (C=O) groups excluding carboxylic acids is 2. The van der Waals surface area contributed by atoms with Crippen molar-refractivity contribution in [3.8, 4) is 5.75 Å². The summed E-state index contributed by atoms with van der Waals surface area (Å²) in [6.45, 7) is 3.91. The fourth-order valence-corrected chi connectivity index (χ4v) is 2.51. The summed E-state index contributed by atoms with van der Waals surface area (Å²) in [4.78, 5) is 26.6. The Kier molecular flexibility index (Phi) is 4.11. The van der Waals surface area contributed by atoms with Gasteiger partial charge in [0.05, 0.1) is 23.2 Å². The number of thiazole rings is 1. The molecule has 0 aliphatic heterocycles. The number of hydrogen-bond acceptors (Lipinski definition) is 5. The number of ketones is 1. The lowest BCUT2D eigenvalue weighted by atomic mass is 10.3. The molecule has 0 aliphatic carbocycles. The molecule has 1 aromatic carbocycles. The van der Waals surface area contributed by atoms with Gasteiger partial charge in [-0.05, 0) is 32.0 Å². The number of amides is 1. The van der Waals surface area contributed by atoms with Gasteiger partial charge in [-0.3, -0.25) is 9.59 Å². The van der Waals surface area contributed by atoms with E-state index < -0.39 is 0 Å². The lowest BCUT2D eigenvalue weighted by molar-refractivity contribution is -0.124. The fourth-order valence-electron chi connectivity index (χ4n) is 1.60. The molecule has 0 saturated carbocycles. The van der Waals surface area contributed by atoms with Crippen molar-refractivity contribution in [1.82, 2.24) is 4.98 Å². The molecule has 1 N–H and O–H groups in total. The van der Waals surface area contributed by atoms with Crippen LogP contribution in [-0.4, -0.2) is 23.3 Å². The van der Waals surface area contributed by atoms with E-state index in [0.29, 0.717) is 11.7 Å². The number of anilines is 1. The Balaban J connectivity index is 2.17. The molecule has 2 rings (SSSR count). The zero-order chi connectivity index (χ0) is 13.8. The van der Waals surface area contributed by atoms with Crippen LogP contribution in [0.3, 0.4) is 0 Å². The van der Waals surface area contributed by atoms with Gasteiger partial charge < -0.3 is 10.1 Å². The number of nitrogens with zero attached hydrogens (tertiary/aromatic N) is 1. The summed E-state index contributed by atoms with van der Waals surface area (Å²) in [5.74, 6) is 0.272. The van der Waals surface area contributed by atoms with Crippen LogP contribution in [0.1, 0.15) is 20.3 Å². The van der Waals surface area contributed by atoms with Gasteiger partial charge in [0, 0.05) is 0 Å². The number of nitrogens with one attached hydrogen (secondary N) is 1. The van der Waals surface area contributed by atoms with Crippen molar-refractivity contribution >= 4 is 38.4 Å². The van der Waals surface area contributed by atoms with E-state index in [1.54, 1.807) is 0 Å². The maximum Gasteiger partial charge on any atom is 0.233 e. The third-order valence-electron chi connectivity index (χ3n) is 2.33. The summed E-state index contributed by atoms with van der Waals surface area (Å²) < 4.78 is 6.34. The Hall–Kier alpha value is -1.95. The van der Waals surface area contributed by atoms with Crippen molar-refractivity contribution in [1.29, 1.82) is 0 Å². The number of benzene rings is 1. The number of Topliss-reactive ketones (excluding diaryl/α,β-unsaturated/α-hetero) is 1. The third-order valence-corrected chi connectivity index (χ3v) is 3.26. The van der Waals surface area contributed by atoms with E-state index in [2.05, 4.69) is 10.3 Å². The molecule has 0 unspecified atom stereocenters. The lowest BCUT2D eigenvalue weighted by Gasteiger charge is -2.00. The molecule has 1 aromatic heterocycles. The van der Waals surface area contributed by atoms with Crippen LogP contribution in [0.25, 0.3) is 10.2 Å². The highest BCUT2D eigenvalue weighted by molar-refractivity contribution is 7.22. The van der Waals surface area contributed by atoms with Crippen molar-refractivity contribution in [2.75, 3.05) is 11.9 Å². The van der Waals surface area contributed by atoms with Crippen LogP contribution < -0.4 is 10.1 Å². The van der Waals surface area contributed by atoms with Crippen molar-refractivity contribution < 1.29 is 14.3 Å². The van der Waals surface area contributed by atoms with Crippen LogP contribution in [-0.2, 0) is 9.59 Å². The third kappa shape index (κ3) is 3.51. The molecule has 0 atom stereocenters. The van der Waals surface area contributed by atoms with E-state index in [4.69, 9.17) is 4.74 Å². The predicted molar refractivity (Wildman–Crippen MR) is 74.7 cm³/mol. The molecule has 0 spiro atoms. The van der Waals surface area contributed by atoms with Gasteiger partial charge in [0.1, 0.15) is 11.5 Å². The van der Waals surface area contributed by atoms with Crippen LogP contribution in [0.5, 0.6) is 5.75 Å². The van der Waals surface area contributed by atoms with Gasteiger partial charge in [0.2, 0.25) is 5.91 Å². The molecule has 0 aliphatic rings. The highest BCUT2D eigenvalue weighted by Gasteiger charge is 2.10. The maximum absolute atomic E-state index is 11.5. The predicted octanol–water partition coefficient (Wildman–Crippen LogP) is 2.61. The molecular formula is C13H14N2O3S. The molecule has 0 radical (unpaired) electrons. The highest BCUT2D eigenvalue weighted by atomic mass is 32.1. The second kappa shape index (κ2) is 5.79. The standard InChI is InChI=1S/C13H14N2O3S/c1-3-18-9-4-5-10-11(7-9)19-13(14-10)15-12(17)6-8(2)16/h4-5,7H,3,6H2,1-2H3,(H,14,15,17). The average Bonchev–Trinajstić information content (AvgIpc) is 2.69. The van der Waals surface area contributed by atoms with Crippen LogP contribution >= 0.6 is 11.3 Å². The first-order valence-electron chi connectivity index (χ1n) is 5.91. The summed E-state index contributed by atoms with van der Waals surface area (Å²) in [7, 11) is 0. The van der Waals surface area contributed by atoms with Crippen molar-refractivity contribution in [3.63, 3.8) is 0 Å². The zero-order valence-electron chi connectivity index (χ0n) is 10.7. The van der Waals surface area contributed by atoms with Crippen LogP contribution in [0, 0.1) is 0 Å². The first-order chi connectivity index (χ1) is 9.08. The Labute approximate surface area is 114 Å². The number of rotatable bonds is 5. The number of fused-ring (bicyclic) bond motifs is 1. The first kappa shape index (κ1) is 13.5. The maximum atomic E-state index is 11.5. The summed E-state index contributed by atoms with van der Waals surface area (Å²) in [5.41, 5.74) is 0.798. The Morgan fingerprint density at radius 1 is 1.42 bits per heavy atom. The molecule has 0 bridgehead atoms. The highest BCUT2D eigenvalue weighted by Crippen LogP contribution is 2.29. The molecule has 19 heavy (non-hydrogen) atoms. The second-order valence-electron chi connectivity index (χ2n) is 4.01. The lowest BCUT2D eigenvalue weighted by Crippen LogP contribution is -2.14. The smallest absolute Gasteiger partial charge is 0.233 e. The van der Waals surface area contributed by atoms with Gasteiger partial charge in [0.25, 0.3) is 0 Å². The van der Waals surface area contributed by atoms with E-state index in [1.807, 2.05) is 25.1 Å². The van der Waals surface area contributed by atoms with Crippen molar-refractivity contribution in [2.45, 2.75) is 20.3 Å². The minimum Gasteiger partial charge on any atom is -0.494 e. The van der Waals surface area contributed by atoms with Gasteiger partial charge in [0.15, 0.2) is 5.13 Å². The van der Waals surface area contributed by atoms with Crippen molar-refractivity contribution in [2.24, 2.45) is 0 Å². The molecule has 5 nitrogen and oxygen atoms in total. The minimum absolute atomic E-state index is 0.125. The molecule has 0 saturated heterocycles. The van der Waals surface area contributed by atoms with Gasteiger partial charge in [-0.1, -0.05) is 11.3 Å². The number of ether oxygens (including phenoxy) is 1. The molecular weight excluding hydrogens is 264 g/mol. The van der Waals surface area contributed by atoms with E-state index in [1.165, 1.54) is 18.3 Å². The molecule has 2 aromatic rings. The topological polar surface area (TPSA) is 68.3 Å². The Morgan fingerprint density at radius 3 is 2.89 bits per heavy atom. The van der Waals surface area contributed by atoms with Gasteiger partial charge in [-0.15, -0.1) is 0 Å². The fraction of sp³-hybridized carbons (Fsp3) is 0.308. The zero-order valence-corrected chi connectivity index (χ0v) is 11.5. The first-order valence-corrected chi connectivity index (χ1v) is 6.73. The summed E-state index contributed by atoms with van der Waals surface area (Å²) >= 11 is 1.36. The number of aromatic nitrogens is 1. The van der Waals surface area contributed by atoms with Gasteiger partial charge in [-0.25, -0.2) is 4.98 Å². The molecule has 1 amide bonds. The second-order valence-corrected chi connectivity index (χ2v) is 5.04. The average molecular weight is 278 g/mol. The summed E-state index contributed by atoms with van der Waals surface area (Å²) in [6.07, 6.45) is -0.125. The largest absolute Gasteiger partial charge is 0.494 e. The monoisotopic (exact) mass is 278 g/mol. The van der Waals surface area contributed by atoms with E-state index in [0.717, 1.165) is 16.0 Å².